The van der Waals surface area contributed by atoms with Gasteiger partial charge >= 0.3 is 17.9 Å². The molecule has 0 heterocycles. The average Bonchev–Trinajstić information content (AvgIpc) is 3.44. The molecule has 0 spiro atoms. The summed E-state index contributed by atoms with van der Waals surface area (Å²) in [4.78, 5) is 38.2. The van der Waals surface area contributed by atoms with E-state index < -0.39 is 6.10 Å². The van der Waals surface area contributed by atoms with E-state index in [4.69, 9.17) is 14.2 Å². The van der Waals surface area contributed by atoms with Crippen molar-refractivity contribution in [2.75, 3.05) is 13.2 Å². The number of carbonyl (C=O) groups is 3. The summed E-state index contributed by atoms with van der Waals surface area (Å²) in [5.74, 6) is -0.847. The molecule has 0 N–H and O–H groups in total. The van der Waals surface area contributed by atoms with Crippen LogP contribution in [0.1, 0.15) is 412 Å². The van der Waals surface area contributed by atoms with Crippen LogP contribution >= 0.6 is 0 Å². The molecule has 0 saturated carbocycles. The van der Waals surface area contributed by atoms with Crippen LogP contribution in [0, 0.1) is 0 Å². The van der Waals surface area contributed by atoms with Gasteiger partial charge in [0.15, 0.2) is 6.10 Å². The van der Waals surface area contributed by atoms with E-state index in [1.807, 2.05) is 0 Å². The molecule has 0 aliphatic rings. The number of rotatable bonds is 67. The first-order chi connectivity index (χ1) is 38.5. The summed E-state index contributed by atoms with van der Waals surface area (Å²) in [5, 5.41) is 0. The molecule has 0 amide bonds. The molecule has 0 rings (SSSR count). The minimum Gasteiger partial charge on any atom is -0.462 e. The highest BCUT2D eigenvalue weighted by Crippen LogP contribution is 2.19. The Morgan fingerprint density at radius 1 is 0.244 bits per heavy atom. The van der Waals surface area contributed by atoms with Gasteiger partial charge in [-0.25, -0.2) is 0 Å². The van der Waals surface area contributed by atoms with Gasteiger partial charge in [0.2, 0.25) is 0 Å². The summed E-state index contributed by atoms with van der Waals surface area (Å²) in [6, 6.07) is 0. The minimum absolute atomic E-state index is 0.0659. The predicted octanol–water partition coefficient (Wildman–Crippen LogP) is 24.4. The quantitative estimate of drug-likeness (QED) is 0.0261. The number of hydrogen-bond acceptors (Lipinski definition) is 6. The third-order valence-corrected chi connectivity index (χ3v) is 16.5. The number of unbranched alkanes of at least 4 members (excludes halogenated alkanes) is 54. The van der Waals surface area contributed by atoms with Crippen molar-refractivity contribution in [3.8, 4) is 0 Å². The molecular formula is C72H138O6. The second kappa shape index (κ2) is 67.7. The van der Waals surface area contributed by atoms with Crippen molar-refractivity contribution >= 4 is 17.9 Å². The molecule has 0 aromatic rings. The average molecular weight is 1100 g/mol. The van der Waals surface area contributed by atoms with E-state index >= 15 is 0 Å². The highest BCUT2D eigenvalue weighted by atomic mass is 16.6. The molecule has 6 heteroatoms. The van der Waals surface area contributed by atoms with E-state index in [9.17, 15) is 14.4 Å². The summed E-state index contributed by atoms with van der Waals surface area (Å²) in [5.41, 5.74) is 0. The molecule has 0 fully saturated rings. The molecular weight excluding hydrogens is 961 g/mol. The van der Waals surface area contributed by atoms with E-state index in [1.54, 1.807) is 0 Å². The summed E-state index contributed by atoms with van der Waals surface area (Å²) in [6.07, 6.45) is 81.5. The van der Waals surface area contributed by atoms with E-state index in [-0.39, 0.29) is 31.1 Å². The van der Waals surface area contributed by atoms with Gasteiger partial charge in [0, 0.05) is 19.3 Å². The molecule has 0 aliphatic heterocycles. The van der Waals surface area contributed by atoms with Crippen LogP contribution in [0.5, 0.6) is 0 Å². The van der Waals surface area contributed by atoms with Crippen molar-refractivity contribution in [1.82, 2.24) is 0 Å². The Hall–Kier alpha value is -1.85. The maximum atomic E-state index is 12.9. The molecule has 462 valence electrons. The number of carbonyl (C=O) groups excluding carboxylic acids is 3. The molecule has 0 aliphatic carbocycles. The van der Waals surface area contributed by atoms with Crippen molar-refractivity contribution in [2.24, 2.45) is 0 Å². The molecule has 0 aromatic carbocycles. The van der Waals surface area contributed by atoms with Crippen LogP contribution < -0.4 is 0 Å². The highest BCUT2D eigenvalue weighted by Gasteiger charge is 2.19. The van der Waals surface area contributed by atoms with Crippen LogP contribution in [0.25, 0.3) is 0 Å². The standard InChI is InChI=1S/C72H138O6/c1-4-7-10-13-16-19-21-23-25-27-28-29-30-31-32-33-34-35-36-37-38-39-40-41-42-43-44-46-47-49-51-53-56-59-62-65-71(74)77-68-69(67-76-70(73)64-61-58-55-18-15-12-9-6-3)78-72(75)66-63-60-57-54-52-50-48-45-26-24-22-20-17-14-11-8-5-2/h24,26,69H,4-23,25,27-68H2,1-3H3/b26-24-. The Bertz CT molecular complexity index is 1210. The Labute approximate surface area is 488 Å². The molecule has 1 atom stereocenters. The Kier molecular flexibility index (Phi) is 66.0. The fourth-order valence-electron chi connectivity index (χ4n) is 11.2. The molecule has 0 radical (unpaired) electrons. The largest absolute Gasteiger partial charge is 0.462 e. The minimum atomic E-state index is -0.767. The zero-order valence-corrected chi connectivity index (χ0v) is 53.2. The van der Waals surface area contributed by atoms with Crippen LogP contribution in [0.15, 0.2) is 12.2 Å². The van der Waals surface area contributed by atoms with Gasteiger partial charge in [0.05, 0.1) is 0 Å². The first-order valence-corrected chi connectivity index (χ1v) is 35.7. The first kappa shape index (κ1) is 76.1. The molecule has 1 unspecified atom stereocenters. The zero-order valence-electron chi connectivity index (χ0n) is 53.2. The van der Waals surface area contributed by atoms with Gasteiger partial charge in [-0.15, -0.1) is 0 Å². The van der Waals surface area contributed by atoms with Crippen molar-refractivity contribution in [2.45, 2.75) is 419 Å². The van der Waals surface area contributed by atoms with Gasteiger partial charge < -0.3 is 14.2 Å². The third-order valence-electron chi connectivity index (χ3n) is 16.5. The lowest BCUT2D eigenvalue weighted by molar-refractivity contribution is -0.167. The lowest BCUT2D eigenvalue weighted by Crippen LogP contribution is -2.30. The fraction of sp³-hybridized carbons (Fsp3) is 0.931. The van der Waals surface area contributed by atoms with Crippen LogP contribution in [0.3, 0.4) is 0 Å². The van der Waals surface area contributed by atoms with Gasteiger partial charge in [-0.3, -0.25) is 14.4 Å². The normalized spacial score (nSPS) is 12.0. The third kappa shape index (κ3) is 65.0. The molecule has 0 saturated heterocycles. The van der Waals surface area contributed by atoms with Crippen LogP contribution in [0.4, 0.5) is 0 Å². The summed E-state index contributed by atoms with van der Waals surface area (Å²) in [6.45, 7) is 6.68. The summed E-state index contributed by atoms with van der Waals surface area (Å²) < 4.78 is 16.9. The summed E-state index contributed by atoms with van der Waals surface area (Å²) >= 11 is 0. The Morgan fingerprint density at radius 3 is 0.641 bits per heavy atom. The monoisotopic (exact) mass is 1100 g/mol. The molecule has 0 bridgehead atoms. The highest BCUT2D eigenvalue weighted by molar-refractivity contribution is 5.71. The lowest BCUT2D eigenvalue weighted by Gasteiger charge is -2.18. The van der Waals surface area contributed by atoms with Crippen molar-refractivity contribution in [3.05, 3.63) is 12.2 Å². The van der Waals surface area contributed by atoms with Crippen molar-refractivity contribution in [3.63, 3.8) is 0 Å². The number of ether oxygens (including phenoxy) is 3. The van der Waals surface area contributed by atoms with Crippen molar-refractivity contribution < 1.29 is 28.6 Å². The molecule has 0 aromatic heterocycles. The fourth-order valence-corrected chi connectivity index (χ4v) is 11.2. The van der Waals surface area contributed by atoms with Gasteiger partial charge in [-0.2, -0.15) is 0 Å². The van der Waals surface area contributed by atoms with E-state index in [1.165, 1.54) is 315 Å². The van der Waals surface area contributed by atoms with Crippen LogP contribution in [0.2, 0.25) is 0 Å². The maximum Gasteiger partial charge on any atom is 0.306 e. The first-order valence-electron chi connectivity index (χ1n) is 35.7. The topological polar surface area (TPSA) is 78.9 Å². The number of hydrogen-bond donors (Lipinski definition) is 0. The molecule has 6 nitrogen and oxygen atoms in total. The maximum absolute atomic E-state index is 12.9. The predicted molar refractivity (Wildman–Crippen MR) is 340 cm³/mol. The van der Waals surface area contributed by atoms with Crippen LogP contribution in [-0.4, -0.2) is 37.2 Å². The van der Waals surface area contributed by atoms with E-state index in [0.29, 0.717) is 19.3 Å². The van der Waals surface area contributed by atoms with E-state index in [0.717, 1.165) is 57.8 Å². The SMILES string of the molecule is CCCCCCCC/C=C\CCCCCCCCCC(=O)OC(COC(=O)CCCCCCCCCC)COC(=O)CCCCCCCCCCCCCCCCCCCCCCCCCCCCCCCCCCCCC. The van der Waals surface area contributed by atoms with Gasteiger partial charge in [-0.1, -0.05) is 360 Å². The Balaban J connectivity index is 3.92. The molecule has 78 heavy (non-hydrogen) atoms. The second-order valence-corrected chi connectivity index (χ2v) is 24.5. The zero-order chi connectivity index (χ0) is 56.4. The lowest BCUT2D eigenvalue weighted by atomic mass is 10.0. The van der Waals surface area contributed by atoms with Crippen molar-refractivity contribution in [1.29, 1.82) is 0 Å². The smallest absolute Gasteiger partial charge is 0.306 e. The number of allylic oxidation sites excluding steroid dienone is 2. The van der Waals surface area contributed by atoms with Gasteiger partial charge in [-0.05, 0) is 44.9 Å². The Morgan fingerprint density at radius 2 is 0.423 bits per heavy atom. The van der Waals surface area contributed by atoms with E-state index in [2.05, 4.69) is 32.9 Å². The van der Waals surface area contributed by atoms with Crippen LogP contribution in [-0.2, 0) is 28.6 Å². The second-order valence-electron chi connectivity index (χ2n) is 24.5. The summed E-state index contributed by atoms with van der Waals surface area (Å²) in [7, 11) is 0. The number of esters is 3. The van der Waals surface area contributed by atoms with Gasteiger partial charge in [0.25, 0.3) is 0 Å². The van der Waals surface area contributed by atoms with Gasteiger partial charge in [0.1, 0.15) is 13.2 Å².